The van der Waals surface area contributed by atoms with E-state index in [1.165, 1.54) is 12.1 Å². The number of carbonyl (C=O) groups excluding carboxylic acids is 1. The number of carbonyl (C=O) groups is 1. The second kappa shape index (κ2) is 9.56. The maximum absolute atomic E-state index is 13.0. The second-order valence-corrected chi connectivity index (χ2v) is 9.86. The van der Waals surface area contributed by atoms with Gasteiger partial charge in [-0.1, -0.05) is 76.1 Å². The number of hydrogen-bond donors (Lipinski definition) is 1. The Kier molecular flexibility index (Phi) is 7.22. The van der Waals surface area contributed by atoms with Gasteiger partial charge in [0.25, 0.3) is 0 Å². The SMILES string of the molecule is Cc1ccc(S(=O)(=O)N[C@H](c2ccc(C(F)(F)F)cc2)[C@@H](Br)C(=O)c2ccccc2)cc1. The number of hydrogen-bond acceptors (Lipinski definition) is 3. The van der Waals surface area contributed by atoms with Crippen LogP contribution < -0.4 is 4.72 Å². The number of rotatable bonds is 7. The first-order valence-electron chi connectivity index (χ1n) is 9.48. The van der Waals surface area contributed by atoms with Crippen molar-refractivity contribution in [1.82, 2.24) is 4.72 Å². The summed E-state index contributed by atoms with van der Waals surface area (Å²) in [7, 11) is -4.08. The fourth-order valence-electron chi connectivity index (χ4n) is 3.04. The Hall–Kier alpha value is -2.49. The van der Waals surface area contributed by atoms with Gasteiger partial charge in [0, 0.05) is 5.56 Å². The monoisotopic (exact) mass is 525 g/mol. The molecule has 0 aliphatic heterocycles. The van der Waals surface area contributed by atoms with Crippen molar-refractivity contribution in [2.45, 2.75) is 28.9 Å². The second-order valence-electron chi connectivity index (χ2n) is 7.16. The van der Waals surface area contributed by atoms with Gasteiger partial charge in [-0.15, -0.1) is 0 Å². The zero-order chi connectivity index (χ0) is 23.5. The molecule has 3 rings (SSSR count). The summed E-state index contributed by atoms with van der Waals surface area (Å²) in [5.41, 5.74) is 0.531. The molecule has 3 aromatic carbocycles. The van der Waals surface area contributed by atoms with Gasteiger partial charge in [-0.2, -0.15) is 13.2 Å². The Morgan fingerprint density at radius 1 is 0.906 bits per heavy atom. The molecular weight excluding hydrogens is 507 g/mol. The molecule has 0 aromatic heterocycles. The zero-order valence-electron chi connectivity index (χ0n) is 16.8. The molecule has 0 fully saturated rings. The van der Waals surface area contributed by atoms with Gasteiger partial charge >= 0.3 is 6.18 Å². The Balaban J connectivity index is 2.00. The standard InChI is InChI=1S/C23H19BrF3NO3S/c1-15-7-13-19(14-8-15)32(30,31)28-21(16-9-11-18(12-10-16)23(25,26)27)20(24)22(29)17-5-3-2-4-6-17/h2-14,20-21,28H,1H3/t20-,21-/m1/s1. The maximum Gasteiger partial charge on any atom is 0.416 e. The smallest absolute Gasteiger partial charge is 0.293 e. The van der Waals surface area contributed by atoms with E-state index in [0.717, 1.165) is 29.8 Å². The Morgan fingerprint density at radius 3 is 2.00 bits per heavy atom. The average Bonchev–Trinajstić information content (AvgIpc) is 2.77. The first-order chi connectivity index (χ1) is 15.0. The fraction of sp³-hybridized carbons (Fsp3) is 0.174. The molecule has 1 N–H and O–H groups in total. The summed E-state index contributed by atoms with van der Waals surface area (Å²) in [6.45, 7) is 1.81. The molecule has 0 aliphatic carbocycles. The van der Waals surface area contributed by atoms with Crippen LogP contribution in [0, 0.1) is 6.92 Å². The molecule has 0 saturated carbocycles. The van der Waals surface area contributed by atoms with Crippen molar-refractivity contribution >= 4 is 31.7 Å². The highest BCUT2D eigenvalue weighted by molar-refractivity contribution is 9.10. The van der Waals surface area contributed by atoms with Crippen molar-refractivity contribution in [1.29, 1.82) is 0 Å². The predicted molar refractivity (Wildman–Crippen MR) is 119 cm³/mol. The van der Waals surface area contributed by atoms with Gasteiger partial charge < -0.3 is 0 Å². The number of sulfonamides is 1. The fourth-order valence-corrected chi connectivity index (χ4v) is 5.16. The summed E-state index contributed by atoms with van der Waals surface area (Å²) in [5.74, 6) is -0.415. The first-order valence-corrected chi connectivity index (χ1v) is 11.9. The van der Waals surface area contributed by atoms with E-state index in [-0.39, 0.29) is 10.5 Å². The van der Waals surface area contributed by atoms with Gasteiger partial charge in [-0.05, 0) is 36.8 Å². The largest absolute Gasteiger partial charge is 0.416 e. The number of halogens is 4. The molecular formula is C23H19BrF3NO3S. The van der Waals surface area contributed by atoms with Crippen LogP contribution in [0.2, 0.25) is 0 Å². The molecule has 0 aliphatic rings. The van der Waals surface area contributed by atoms with Crippen molar-refractivity contribution < 1.29 is 26.4 Å². The van der Waals surface area contributed by atoms with Crippen molar-refractivity contribution in [2.75, 3.05) is 0 Å². The molecule has 0 bridgehead atoms. The molecule has 3 aromatic rings. The van der Waals surface area contributed by atoms with E-state index in [1.54, 1.807) is 42.5 Å². The molecule has 168 valence electrons. The summed E-state index contributed by atoms with van der Waals surface area (Å²) in [5, 5.41) is 0. The van der Waals surface area contributed by atoms with E-state index >= 15 is 0 Å². The molecule has 0 radical (unpaired) electrons. The average molecular weight is 526 g/mol. The minimum atomic E-state index is -4.54. The van der Waals surface area contributed by atoms with Crippen LogP contribution in [0.15, 0.2) is 83.8 Å². The Labute approximate surface area is 192 Å². The van der Waals surface area contributed by atoms with E-state index in [9.17, 15) is 26.4 Å². The summed E-state index contributed by atoms with van der Waals surface area (Å²) in [4.78, 5) is 11.9. The van der Waals surface area contributed by atoms with E-state index in [0.29, 0.717) is 5.56 Å². The van der Waals surface area contributed by atoms with Gasteiger partial charge in [0.2, 0.25) is 10.0 Å². The molecule has 9 heteroatoms. The molecule has 0 heterocycles. The molecule has 0 unspecified atom stereocenters. The van der Waals surface area contributed by atoms with Gasteiger partial charge in [-0.25, -0.2) is 13.1 Å². The van der Waals surface area contributed by atoms with Gasteiger partial charge in [-0.3, -0.25) is 4.79 Å². The van der Waals surface area contributed by atoms with Gasteiger partial charge in [0.1, 0.15) is 0 Å². The van der Waals surface area contributed by atoms with Crippen LogP contribution in [0.1, 0.15) is 33.1 Å². The molecule has 0 spiro atoms. The third-order valence-corrected chi connectivity index (χ3v) is 7.21. The first kappa shape index (κ1) is 24.2. The van der Waals surface area contributed by atoms with Crippen LogP contribution in [-0.2, 0) is 16.2 Å². The molecule has 0 amide bonds. The minimum absolute atomic E-state index is 0.0214. The lowest BCUT2D eigenvalue weighted by Crippen LogP contribution is -2.37. The molecule has 4 nitrogen and oxygen atoms in total. The highest BCUT2D eigenvalue weighted by Gasteiger charge is 2.34. The third-order valence-electron chi connectivity index (χ3n) is 4.81. The normalized spacial score (nSPS) is 14.0. The van der Waals surface area contributed by atoms with E-state index in [2.05, 4.69) is 20.7 Å². The van der Waals surface area contributed by atoms with Crippen LogP contribution in [0.3, 0.4) is 0 Å². The quantitative estimate of drug-likeness (QED) is 0.318. The van der Waals surface area contributed by atoms with Gasteiger partial charge in [0.05, 0.1) is 21.3 Å². The van der Waals surface area contributed by atoms with Crippen molar-refractivity contribution in [3.63, 3.8) is 0 Å². The number of alkyl halides is 4. The van der Waals surface area contributed by atoms with E-state index in [1.807, 2.05) is 6.92 Å². The maximum atomic E-state index is 13.0. The summed E-state index contributed by atoms with van der Waals surface area (Å²) >= 11 is 3.28. The lowest BCUT2D eigenvalue weighted by molar-refractivity contribution is -0.137. The molecule has 0 saturated heterocycles. The predicted octanol–water partition coefficient (Wildman–Crippen LogP) is 5.68. The van der Waals surface area contributed by atoms with Crippen molar-refractivity contribution in [2.24, 2.45) is 0 Å². The van der Waals surface area contributed by atoms with Gasteiger partial charge in [0.15, 0.2) is 5.78 Å². The van der Waals surface area contributed by atoms with E-state index < -0.39 is 38.4 Å². The van der Waals surface area contributed by atoms with Crippen LogP contribution >= 0.6 is 15.9 Å². The Morgan fingerprint density at radius 2 is 1.47 bits per heavy atom. The molecule has 32 heavy (non-hydrogen) atoms. The third kappa shape index (κ3) is 5.65. The number of nitrogens with one attached hydrogen (secondary N) is 1. The lowest BCUT2D eigenvalue weighted by atomic mass is 9.97. The van der Waals surface area contributed by atoms with Crippen LogP contribution in [-0.4, -0.2) is 19.0 Å². The number of benzene rings is 3. The summed E-state index contributed by atoms with van der Waals surface area (Å²) in [6.07, 6.45) is -4.54. The highest BCUT2D eigenvalue weighted by atomic mass is 79.9. The van der Waals surface area contributed by atoms with Crippen LogP contribution in [0.5, 0.6) is 0 Å². The lowest BCUT2D eigenvalue weighted by Gasteiger charge is -2.24. The van der Waals surface area contributed by atoms with E-state index in [4.69, 9.17) is 0 Å². The number of Topliss-reactive ketones (excluding diaryl/α,β-unsaturated/α-hetero) is 1. The number of aryl methyl sites for hydroxylation is 1. The Bertz CT molecular complexity index is 1180. The zero-order valence-corrected chi connectivity index (χ0v) is 19.2. The van der Waals surface area contributed by atoms with Crippen LogP contribution in [0.25, 0.3) is 0 Å². The minimum Gasteiger partial charge on any atom is -0.293 e. The summed E-state index contributed by atoms with van der Waals surface area (Å²) < 4.78 is 67.4. The van der Waals surface area contributed by atoms with Crippen molar-refractivity contribution in [3.8, 4) is 0 Å². The molecule has 2 atom stereocenters. The van der Waals surface area contributed by atoms with Crippen molar-refractivity contribution in [3.05, 3.63) is 101 Å². The summed E-state index contributed by atoms with van der Waals surface area (Å²) in [6, 6.07) is 17.2. The van der Waals surface area contributed by atoms with Crippen LogP contribution in [0.4, 0.5) is 13.2 Å². The highest BCUT2D eigenvalue weighted by Crippen LogP contribution is 2.32. The number of ketones is 1. The topological polar surface area (TPSA) is 63.2 Å².